The third-order valence-corrected chi connectivity index (χ3v) is 7.84. The van der Waals surface area contributed by atoms with Crippen LogP contribution in [-0.2, 0) is 0 Å². The number of hydrogen-bond donors (Lipinski definition) is 0. The minimum Gasteiger partial charge on any atom is -0.256 e. The highest BCUT2D eigenvalue weighted by molar-refractivity contribution is 6.16. The summed E-state index contributed by atoms with van der Waals surface area (Å²) in [6, 6.07) is 48.4. The molecule has 38 heavy (non-hydrogen) atoms. The molecule has 1 heteroatoms. The fraction of sp³-hybridized carbons (Fsp3) is 0. The maximum Gasteiger partial charge on any atom is 0.0701 e. The van der Waals surface area contributed by atoms with Gasteiger partial charge >= 0.3 is 0 Å². The zero-order valence-electron chi connectivity index (χ0n) is 20.7. The maximum atomic E-state index is 4.47. The molecular formula is C37H23N. The van der Waals surface area contributed by atoms with Gasteiger partial charge in [-0.3, -0.25) is 4.98 Å². The first-order chi connectivity index (χ1) is 18.8. The summed E-state index contributed by atoms with van der Waals surface area (Å²) in [7, 11) is 0. The Labute approximate surface area is 221 Å². The van der Waals surface area contributed by atoms with E-state index < -0.39 is 0 Å². The van der Waals surface area contributed by atoms with Crippen LogP contribution in [0.5, 0.6) is 0 Å². The number of rotatable bonds is 3. The Morgan fingerprint density at radius 2 is 0.947 bits per heavy atom. The summed E-state index contributed by atoms with van der Waals surface area (Å²) in [5.74, 6) is 0. The highest BCUT2D eigenvalue weighted by atomic mass is 14.7. The minimum absolute atomic E-state index is 0.997. The van der Waals surface area contributed by atoms with Crippen LogP contribution >= 0.6 is 0 Å². The monoisotopic (exact) mass is 481 g/mol. The summed E-state index contributed by atoms with van der Waals surface area (Å²) in [6.45, 7) is 0. The van der Waals surface area contributed by atoms with Gasteiger partial charge in [-0.1, -0.05) is 97.1 Å². The van der Waals surface area contributed by atoms with E-state index >= 15 is 0 Å². The number of nitrogens with zero attached hydrogens (tertiary/aromatic N) is 1. The smallest absolute Gasteiger partial charge is 0.0701 e. The molecule has 0 saturated carbocycles. The first kappa shape index (κ1) is 21.1. The average Bonchev–Trinajstić information content (AvgIpc) is 3.32. The van der Waals surface area contributed by atoms with Gasteiger partial charge in [0.2, 0.25) is 0 Å². The van der Waals surface area contributed by atoms with Crippen molar-refractivity contribution in [2.75, 3.05) is 0 Å². The molecule has 0 spiro atoms. The molecule has 0 fully saturated rings. The van der Waals surface area contributed by atoms with Gasteiger partial charge in [-0.15, -0.1) is 0 Å². The molecule has 0 bridgehead atoms. The Hall–Kier alpha value is -5.01. The molecule has 1 heterocycles. The molecule has 1 aliphatic rings. The fourth-order valence-electron chi connectivity index (χ4n) is 5.96. The number of pyridine rings is 1. The van der Waals surface area contributed by atoms with Gasteiger partial charge < -0.3 is 0 Å². The summed E-state index contributed by atoms with van der Waals surface area (Å²) >= 11 is 0. The zero-order chi connectivity index (χ0) is 25.1. The van der Waals surface area contributed by atoms with Crippen molar-refractivity contribution in [2.24, 2.45) is 0 Å². The lowest BCUT2D eigenvalue weighted by atomic mass is 9.94. The third-order valence-electron chi connectivity index (χ3n) is 7.84. The van der Waals surface area contributed by atoms with Gasteiger partial charge in [-0.2, -0.15) is 0 Å². The van der Waals surface area contributed by atoms with Gasteiger partial charge in [-0.05, 0) is 102 Å². The summed E-state index contributed by atoms with van der Waals surface area (Å²) in [5, 5.41) is 5.17. The number of fused-ring (bicyclic) bond motifs is 4. The summed E-state index contributed by atoms with van der Waals surface area (Å²) in [6.07, 6.45) is 1.84. The normalized spacial score (nSPS) is 11.7. The lowest BCUT2D eigenvalue weighted by Gasteiger charge is -2.10. The van der Waals surface area contributed by atoms with E-state index in [2.05, 4.69) is 120 Å². The highest BCUT2D eigenvalue weighted by Gasteiger charge is 2.21. The van der Waals surface area contributed by atoms with E-state index in [0.717, 1.165) is 11.3 Å². The van der Waals surface area contributed by atoms with Gasteiger partial charge in [0, 0.05) is 11.8 Å². The molecule has 0 N–H and O–H groups in total. The second kappa shape index (κ2) is 8.26. The molecule has 0 saturated heterocycles. The number of hydrogen-bond acceptors (Lipinski definition) is 1. The minimum atomic E-state index is 0.997. The molecule has 0 unspecified atom stereocenters. The Balaban J connectivity index is 1.17. The van der Waals surface area contributed by atoms with Crippen LogP contribution in [0, 0.1) is 0 Å². The van der Waals surface area contributed by atoms with Gasteiger partial charge in [0.1, 0.15) is 0 Å². The van der Waals surface area contributed by atoms with Crippen LogP contribution in [0.4, 0.5) is 0 Å². The zero-order valence-corrected chi connectivity index (χ0v) is 20.7. The molecule has 0 radical (unpaired) electrons. The summed E-state index contributed by atoms with van der Waals surface area (Å²) in [5.41, 5.74) is 12.4. The SMILES string of the molecule is c1ccc(-c2ccc(-c3ccc4cc(-c5cc6c7c(cccc7c5)-c5ccccc5-6)ccc4c3)cc2)nc1. The molecule has 1 aliphatic carbocycles. The molecule has 7 aromatic rings. The van der Waals surface area contributed by atoms with Crippen LogP contribution in [0.15, 0.2) is 140 Å². The molecular weight excluding hydrogens is 458 g/mol. The topological polar surface area (TPSA) is 12.9 Å². The van der Waals surface area contributed by atoms with Crippen molar-refractivity contribution < 1.29 is 0 Å². The highest BCUT2D eigenvalue weighted by Crippen LogP contribution is 2.48. The van der Waals surface area contributed by atoms with Crippen LogP contribution in [0.3, 0.4) is 0 Å². The van der Waals surface area contributed by atoms with E-state index in [1.807, 2.05) is 24.4 Å². The van der Waals surface area contributed by atoms with Crippen LogP contribution in [-0.4, -0.2) is 4.98 Å². The van der Waals surface area contributed by atoms with Crippen molar-refractivity contribution in [2.45, 2.75) is 0 Å². The Kier molecular flexibility index (Phi) is 4.59. The van der Waals surface area contributed by atoms with Crippen molar-refractivity contribution in [3.8, 4) is 55.8 Å². The Morgan fingerprint density at radius 3 is 1.68 bits per heavy atom. The van der Waals surface area contributed by atoms with Crippen molar-refractivity contribution in [1.29, 1.82) is 0 Å². The van der Waals surface area contributed by atoms with Gasteiger partial charge in [0.15, 0.2) is 0 Å². The lowest BCUT2D eigenvalue weighted by Crippen LogP contribution is -1.85. The van der Waals surface area contributed by atoms with Crippen molar-refractivity contribution >= 4 is 21.5 Å². The lowest BCUT2D eigenvalue weighted by molar-refractivity contribution is 1.33. The molecule has 1 nitrogen and oxygen atoms in total. The van der Waals surface area contributed by atoms with Gasteiger partial charge in [0.25, 0.3) is 0 Å². The summed E-state index contributed by atoms with van der Waals surface area (Å²) < 4.78 is 0. The first-order valence-electron chi connectivity index (χ1n) is 13.0. The van der Waals surface area contributed by atoms with Gasteiger partial charge in [-0.25, -0.2) is 0 Å². The predicted molar refractivity (Wildman–Crippen MR) is 160 cm³/mol. The Bertz CT molecular complexity index is 2000. The largest absolute Gasteiger partial charge is 0.256 e. The van der Waals surface area contributed by atoms with E-state index in [1.165, 1.54) is 66.1 Å². The Morgan fingerprint density at radius 1 is 0.342 bits per heavy atom. The van der Waals surface area contributed by atoms with Crippen molar-refractivity contribution in [3.63, 3.8) is 0 Å². The van der Waals surface area contributed by atoms with E-state index in [9.17, 15) is 0 Å². The molecule has 176 valence electrons. The standard InChI is InChI=1S/C37H23N/c1-2-8-33-32(7-1)34-9-5-6-30-22-31(23-35(33)37(30)34)29-18-17-27-20-26(15-16-28(27)21-29)24-11-13-25(14-12-24)36-10-3-4-19-38-36/h1-23H. The van der Waals surface area contributed by atoms with E-state index in [0.29, 0.717) is 0 Å². The molecule has 8 rings (SSSR count). The van der Waals surface area contributed by atoms with Crippen LogP contribution in [0.2, 0.25) is 0 Å². The van der Waals surface area contributed by atoms with E-state index in [-0.39, 0.29) is 0 Å². The third kappa shape index (κ3) is 3.29. The molecule has 0 atom stereocenters. The second-order valence-corrected chi connectivity index (χ2v) is 10.0. The van der Waals surface area contributed by atoms with Crippen molar-refractivity contribution in [3.05, 3.63) is 140 Å². The van der Waals surface area contributed by atoms with Crippen LogP contribution in [0.25, 0.3) is 77.3 Å². The summed E-state index contributed by atoms with van der Waals surface area (Å²) in [4.78, 5) is 4.47. The fourth-order valence-corrected chi connectivity index (χ4v) is 5.96. The number of aromatic nitrogens is 1. The van der Waals surface area contributed by atoms with Crippen LogP contribution in [0.1, 0.15) is 0 Å². The van der Waals surface area contributed by atoms with E-state index in [1.54, 1.807) is 0 Å². The van der Waals surface area contributed by atoms with Crippen LogP contribution < -0.4 is 0 Å². The predicted octanol–water partition coefficient (Wildman–Crippen LogP) is 10.0. The van der Waals surface area contributed by atoms with Crippen molar-refractivity contribution in [1.82, 2.24) is 4.98 Å². The molecule has 0 amide bonds. The van der Waals surface area contributed by atoms with Gasteiger partial charge in [0.05, 0.1) is 5.69 Å². The maximum absolute atomic E-state index is 4.47. The molecule has 6 aromatic carbocycles. The first-order valence-corrected chi connectivity index (χ1v) is 13.0. The average molecular weight is 482 g/mol. The van der Waals surface area contributed by atoms with E-state index in [4.69, 9.17) is 0 Å². The molecule has 1 aromatic heterocycles. The molecule has 0 aliphatic heterocycles. The number of benzene rings is 6. The second-order valence-electron chi connectivity index (χ2n) is 10.0. The quantitative estimate of drug-likeness (QED) is 0.245.